The van der Waals surface area contributed by atoms with Crippen LogP contribution in [0.1, 0.15) is 32.3 Å². The fourth-order valence-corrected chi connectivity index (χ4v) is 2.20. The molecule has 0 bridgehead atoms. The van der Waals surface area contributed by atoms with E-state index >= 15 is 0 Å². The first kappa shape index (κ1) is 13.5. The Hall–Kier alpha value is -1.57. The molecular formula is C15H21NO. The molecule has 1 N–H and O–H groups in total. The van der Waals surface area contributed by atoms with Gasteiger partial charge in [0.2, 0.25) is 5.91 Å². The topological polar surface area (TPSA) is 29.1 Å². The first-order valence-corrected chi connectivity index (χ1v) is 6.16. The number of hydrogen-bond acceptors (Lipinski definition) is 1. The van der Waals surface area contributed by atoms with Gasteiger partial charge in [-0.05, 0) is 18.4 Å². The molecule has 0 aliphatic heterocycles. The molecule has 0 atom stereocenters. The van der Waals surface area contributed by atoms with Crippen LogP contribution in [0.4, 0.5) is 0 Å². The molecule has 0 radical (unpaired) electrons. The normalized spacial score (nSPS) is 10.9. The molecular weight excluding hydrogens is 210 g/mol. The first-order chi connectivity index (χ1) is 8.21. The molecule has 0 aliphatic carbocycles. The number of amides is 1. The fraction of sp³-hybridized carbons (Fsp3) is 0.400. The summed E-state index contributed by atoms with van der Waals surface area (Å²) < 4.78 is 0. The Morgan fingerprint density at radius 2 is 1.88 bits per heavy atom. The summed E-state index contributed by atoms with van der Waals surface area (Å²) in [7, 11) is 0. The zero-order valence-electron chi connectivity index (χ0n) is 10.7. The highest BCUT2D eigenvalue weighted by atomic mass is 16.2. The highest BCUT2D eigenvalue weighted by Gasteiger charge is 2.36. The first-order valence-electron chi connectivity index (χ1n) is 6.16. The van der Waals surface area contributed by atoms with Crippen molar-refractivity contribution in [2.45, 2.75) is 32.1 Å². The minimum absolute atomic E-state index is 0.0913. The van der Waals surface area contributed by atoms with Gasteiger partial charge in [0, 0.05) is 6.54 Å². The van der Waals surface area contributed by atoms with Crippen molar-refractivity contribution in [3.05, 3.63) is 48.6 Å². The third kappa shape index (κ3) is 2.76. The van der Waals surface area contributed by atoms with Crippen LogP contribution in [0.5, 0.6) is 0 Å². The summed E-state index contributed by atoms with van der Waals surface area (Å²) in [6, 6.07) is 9.99. The Labute approximate surface area is 104 Å². The van der Waals surface area contributed by atoms with E-state index in [0.717, 1.165) is 18.4 Å². The Balaban J connectivity index is 3.04. The van der Waals surface area contributed by atoms with Gasteiger partial charge in [0.25, 0.3) is 0 Å². The maximum absolute atomic E-state index is 12.3. The van der Waals surface area contributed by atoms with Gasteiger partial charge < -0.3 is 5.32 Å². The van der Waals surface area contributed by atoms with E-state index in [-0.39, 0.29) is 5.91 Å². The molecule has 0 spiro atoms. The smallest absolute Gasteiger partial charge is 0.230 e. The van der Waals surface area contributed by atoms with Gasteiger partial charge in [0.1, 0.15) is 0 Å². The average molecular weight is 231 g/mol. The van der Waals surface area contributed by atoms with Crippen molar-refractivity contribution < 1.29 is 4.79 Å². The molecule has 1 aromatic rings. The molecule has 17 heavy (non-hydrogen) atoms. The molecule has 1 rings (SSSR count). The second-order valence-electron chi connectivity index (χ2n) is 4.15. The lowest BCUT2D eigenvalue weighted by atomic mass is 9.75. The highest BCUT2D eigenvalue weighted by Crippen LogP contribution is 2.31. The second kappa shape index (κ2) is 6.24. The SMILES string of the molecule is C=CCNC(=O)C(CC)(CC)c1ccccc1. The van der Waals surface area contributed by atoms with Crippen LogP contribution in [0.2, 0.25) is 0 Å². The zero-order valence-corrected chi connectivity index (χ0v) is 10.7. The Bertz CT molecular complexity index is 366. The van der Waals surface area contributed by atoms with Crippen LogP contribution in [0, 0.1) is 0 Å². The van der Waals surface area contributed by atoms with Crippen molar-refractivity contribution >= 4 is 5.91 Å². The van der Waals surface area contributed by atoms with Crippen molar-refractivity contribution in [2.24, 2.45) is 0 Å². The molecule has 2 nitrogen and oxygen atoms in total. The minimum Gasteiger partial charge on any atom is -0.352 e. The average Bonchev–Trinajstić information content (AvgIpc) is 2.39. The monoisotopic (exact) mass is 231 g/mol. The summed E-state index contributed by atoms with van der Waals surface area (Å²) >= 11 is 0. The maximum Gasteiger partial charge on any atom is 0.230 e. The maximum atomic E-state index is 12.3. The van der Waals surface area contributed by atoms with Crippen molar-refractivity contribution in [3.8, 4) is 0 Å². The van der Waals surface area contributed by atoms with E-state index in [4.69, 9.17) is 0 Å². The van der Waals surface area contributed by atoms with E-state index in [1.165, 1.54) is 0 Å². The lowest BCUT2D eigenvalue weighted by molar-refractivity contribution is -0.126. The quantitative estimate of drug-likeness (QED) is 0.749. The standard InChI is InChI=1S/C15H21NO/c1-4-12-16-14(17)15(5-2,6-3)13-10-8-7-9-11-13/h4,7-11H,1,5-6,12H2,2-3H3,(H,16,17). The molecule has 1 amide bonds. The number of rotatable bonds is 6. The fourth-order valence-electron chi connectivity index (χ4n) is 2.20. The molecule has 0 saturated heterocycles. The number of carbonyl (C=O) groups is 1. The second-order valence-corrected chi connectivity index (χ2v) is 4.15. The lowest BCUT2D eigenvalue weighted by Crippen LogP contribution is -2.43. The van der Waals surface area contributed by atoms with E-state index in [2.05, 4.69) is 25.7 Å². The van der Waals surface area contributed by atoms with Gasteiger partial charge in [-0.2, -0.15) is 0 Å². The summed E-state index contributed by atoms with van der Waals surface area (Å²) in [6.45, 7) is 8.26. The highest BCUT2D eigenvalue weighted by molar-refractivity contribution is 5.88. The number of nitrogens with one attached hydrogen (secondary N) is 1. The molecule has 2 heteroatoms. The van der Waals surface area contributed by atoms with Gasteiger partial charge in [0.05, 0.1) is 5.41 Å². The molecule has 1 aromatic carbocycles. The van der Waals surface area contributed by atoms with Crippen LogP contribution in [0.15, 0.2) is 43.0 Å². The minimum atomic E-state index is -0.412. The van der Waals surface area contributed by atoms with Gasteiger partial charge in [-0.3, -0.25) is 4.79 Å². The van der Waals surface area contributed by atoms with Gasteiger partial charge in [0.15, 0.2) is 0 Å². The third-order valence-corrected chi connectivity index (χ3v) is 3.38. The molecule has 0 heterocycles. The van der Waals surface area contributed by atoms with Crippen molar-refractivity contribution in [1.82, 2.24) is 5.32 Å². The molecule has 0 aromatic heterocycles. The molecule has 0 unspecified atom stereocenters. The number of benzene rings is 1. The predicted molar refractivity (Wildman–Crippen MR) is 71.9 cm³/mol. The van der Waals surface area contributed by atoms with Crippen molar-refractivity contribution in [3.63, 3.8) is 0 Å². The number of carbonyl (C=O) groups excluding carboxylic acids is 1. The summed E-state index contributed by atoms with van der Waals surface area (Å²) in [5.41, 5.74) is 0.677. The molecule has 92 valence electrons. The Morgan fingerprint density at radius 1 is 1.29 bits per heavy atom. The van der Waals surface area contributed by atoms with Gasteiger partial charge in [-0.25, -0.2) is 0 Å². The molecule has 0 fully saturated rings. The Kier molecular flexibility index (Phi) is 4.95. The van der Waals surface area contributed by atoms with Gasteiger partial charge in [-0.15, -0.1) is 6.58 Å². The molecule has 0 aliphatic rings. The van der Waals surface area contributed by atoms with E-state index < -0.39 is 5.41 Å². The molecule has 0 saturated carbocycles. The summed E-state index contributed by atoms with van der Waals surface area (Å²) in [5, 5.41) is 2.92. The van der Waals surface area contributed by atoms with Crippen LogP contribution < -0.4 is 5.32 Å². The van der Waals surface area contributed by atoms with Crippen LogP contribution >= 0.6 is 0 Å². The van der Waals surface area contributed by atoms with Crippen molar-refractivity contribution in [2.75, 3.05) is 6.54 Å². The van der Waals surface area contributed by atoms with Gasteiger partial charge >= 0.3 is 0 Å². The summed E-state index contributed by atoms with van der Waals surface area (Å²) in [4.78, 5) is 12.3. The summed E-state index contributed by atoms with van der Waals surface area (Å²) in [6.07, 6.45) is 3.31. The summed E-state index contributed by atoms with van der Waals surface area (Å²) in [5.74, 6) is 0.0913. The van der Waals surface area contributed by atoms with Crippen LogP contribution in [0.25, 0.3) is 0 Å². The van der Waals surface area contributed by atoms with E-state index in [1.807, 2.05) is 30.3 Å². The predicted octanol–water partition coefficient (Wildman–Crippen LogP) is 3.05. The van der Waals surface area contributed by atoms with E-state index in [9.17, 15) is 4.79 Å². The number of hydrogen-bond donors (Lipinski definition) is 1. The Morgan fingerprint density at radius 3 is 2.35 bits per heavy atom. The van der Waals surface area contributed by atoms with E-state index in [0.29, 0.717) is 6.54 Å². The lowest BCUT2D eigenvalue weighted by Gasteiger charge is -2.30. The van der Waals surface area contributed by atoms with Gasteiger partial charge in [-0.1, -0.05) is 50.3 Å². The third-order valence-electron chi connectivity index (χ3n) is 3.38. The largest absolute Gasteiger partial charge is 0.352 e. The van der Waals surface area contributed by atoms with E-state index in [1.54, 1.807) is 6.08 Å². The van der Waals surface area contributed by atoms with Crippen LogP contribution in [-0.4, -0.2) is 12.5 Å². The zero-order chi connectivity index (χ0) is 12.7. The van der Waals surface area contributed by atoms with Crippen LogP contribution in [-0.2, 0) is 10.2 Å². The van der Waals surface area contributed by atoms with Crippen molar-refractivity contribution in [1.29, 1.82) is 0 Å². The van der Waals surface area contributed by atoms with Crippen LogP contribution in [0.3, 0.4) is 0 Å².